The number of rotatable bonds is 0. The van der Waals surface area contributed by atoms with Crippen LogP contribution in [0.25, 0.3) is 0 Å². The maximum absolute atomic E-state index is 10.9. The van der Waals surface area contributed by atoms with E-state index in [-0.39, 0.29) is 0 Å². The number of carboxylic acid groups (broad SMARTS) is 1. The molecule has 74 valence electrons. The molecule has 1 aliphatic rings. The summed E-state index contributed by atoms with van der Waals surface area (Å²) in [7, 11) is 0. The number of carbonyl (C=O) groups is 1. The molecule has 1 amide bonds. The number of benzene rings is 1. The first-order valence-corrected chi connectivity index (χ1v) is 5.26. The fourth-order valence-electron chi connectivity index (χ4n) is 1.75. The summed E-state index contributed by atoms with van der Waals surface area (Å²) in [6, 6.07) is 5.79. The lowest BCUT2D eigenvalue weighted by Gasteiger charge is -2.26. The van der Waals surface area contributed by atoms with E-state index in [0.717, 1.165) is 28.6 Å². The zero-order valence-corrected chi connectivity index (χ0v) is 9.12. The molecule has 1 aliphatic heterocycles. The number of amides is 1. The number of aryl methyl sites for hydroxylation is 1. The summed E-state index contributed by atoms with van der Waals surface area (Å²) < 4.78 is 0.921. The van der Waals surface area contributed by atoms with Crippen molar-refractivity contribution in [2.24, 2.45) is 0 Å². The zero-order valence-electron chi connectivity index (χ0n) is 7.53. The quantitative estimate of drug-likeness (QED) is 0.775. The smallest absolute Gasteiger partial charge is 0.411 e. The largest absolute Gasteiger partial charge is 0.465 e. The van der Waals surface area contributed by atoms with Crippen LogP contribution in [0.5, 0.6) is 0 Å². The first-order valence-electron chi connectivity index (χ1n) is 4.47. The number of hydrogen-bond donors (Lipinski definition) is 1. The van der Waals surface area contributed by atoms with Gasteiger partial charge in [-0.3, -0.25) is 4.90 Å². The molecule has 0 saturated heterocycles. The molecule has 0 atom stereocenters. The van der Waals surface area contributed by atoms with Gasteiger partial charge in [-0.25, -0.2) is 4.79 Å². The van der Waals surface area contributed by atoms with Gasteiger partial charge in [-0.2, -0.15) is 0 Å². The minimum Gasteiger partial charge on any atom is -0.465 e. The van der Waals surface area contributed by atoms with Gasteiger partial charge in [-0.1, -0.05) is 22.0 Å². The van der Waals surface area contributed by atoms with E-state index >= 15 is 0 Å². The highest BCUT2D eigenvalue weighted by atomic mass is 79.9. The van der Waals surface area contributed by atoms with Gasteiger partial charge in [-0.05, 0) is 30.5 Å². The summed E-state index contributed by atoms with van der Waals surface area (Å²) in [5.74, 6) is 0. The molecular weight excluding hydrogens is 246 g/mol. The molecule has 0 aromatic heterocycles. The van der Waals surface area contributed by atoms with Gasteiger partial charge in [0, 0.05) is 11.0 Å². The number of anilines is 1. The molecule has 0 aliphatic carbocycles. The second-order valence-electron chi connectivity index (χ2n) is 3.31. The van der Waals surface area contributed by atoms with Gasteiger partial charge < -0.3 is 5.11 Å². The van der Waals surface area contributed by atoms with E-state index in [1.165, 1.54) is 4.90 Å². The van der Waals surface area contributed by atoms with Crippen molar-refractivity contribution in [1.29, 1.82) is 0 Å². The number of nitrogens with zero attached hydrogens (tertiary/aromatic N) is 1. The van der Waals surface area contributed by atoms with Crippen LogP contribution in [0.1, 0.15) is 12.0 Å². The Labute approximate surface area is 90.5 Å². The predicted octanol–water partition coefficient (Wildman–Crippen LogP) is 2.88. The Morgan fingerprint density at radius 2 is 2.29 bits per heavy atom. The van der Waals surface area contributed by atoms with Crippen molar-refractivity contribution in [3.8, 4) is 0 Å². The van der Waals surface area contributed by atoms with Gasteiger partial charge in [0.2, 0.25) is 0 Å². The third-order valence-electron chi connectivity index (χ3n) is 2.40. The fourth-order valence-corrected chi connectivity index (χ4v) is 2.10. The Balaban J connectivity index is 2.46. The van der Waals surface area contributed by atoms with Gasteiger partial charge in [0.15, 0.2) is 0 Å². The highest BCUT2D eigenvalue weighted by Gasteiger charge is 2.21. The average molecular weight is 256 g/mol. The SMILES string of the molecule is O=C(O)N1CCCc2ccc(Br)cc21. The zero-order chi connectivity index (χ0) is 10.1. The minimum atomic E-state index is -0.871. The Kier molecular flexibility index (Phi) is 2.46. The first-order chi connectivity index (χ1) is 6.68. The van der Waals surface area contributed by atoms with E-state index in [1.54, 1.807) is 0 Å². The molecule has 0 bridgehead atoms. The van der Waals surface area contributed by atoms with Crippen molar-refractivity contribution < 1.29 is 9.90 Å². The summed E-state index contributed by atoms with van der Waals surface area (Å²) in [6.07, 6.45) is 0.997. The normalized spacial score (nSPS) is 15.1. The number of hydrogen-bond acceptors (Lipinski definition) is 1. The van der Waals surface area contributed by atoms with Crippen LogP contribution in [0.4, 0.5) is 10.5 Å². The van der Waals surface area contributed by atoms with Crippen LogP contribution in [0.3, 0.4) is 0 Å². The second kappa shape index (κ2) is 3.61. The van der Waals surface area contributed by atoms with Gasteiger partial charge >= 0.3 is 6.09 Å². The molecule has 1 aromatic rings. The Morgan fingerprint density at radius 1 is 1.50 bits per heavy atom. The minimum absolute atomic E-state index is 0.596. The van der Waals surface area contributed by atoms with E-state index in [2.05, 4.69) is 15.9 Å². The van der Waals surface area contributed by atoms with E-state index in [1.807, 2.05) is 18.2 Å². The van der Waals surface area contributed by atoms with Gasteiger partial charge in [0.1, 0.15) is 0 Å². The summed E-state index contributed by atoms with van der Waals surface area (Å²) in [5, 5.41) is 8.99. The average Bonchev–Trinajstić information content (AvgIpc) is 2.16. The van der Waals surface area contributed by atoms with Gasteiger partial charge in [0.25, 0.3) is 0 Å². The Bertz CT molecular complexity index is 378. The number of halogens is 1. The monoisotopic (exact) mass is 255 g/mol. The molecule has 0 spiro atoms. The van der Waals surface area contributed by atoms with Crippen LogP contribution in [-0.2, 0) is 6.42 Å². The van der Waals surface area contributed by atoms with Crippen molar-refractivity contribution in [2.75, 3.05) is 11.4 Å². The van der Waals surface area contributed by atoms with Crippen LogP contribution in [0.2, 0.25) is 0 Å². The van der Waals surface area contributed by atoms with Crippen LogP contribution < -0.4 is 4.90 Å². The van der Waals surface area contributed by atoms with Gasteiger partial charge in [0.05, 0.1) is 5.69 Å². The lowest BCUT2D eigenvalue weighted by atomic mass is 10.0. The molecular formula is C10H10BrNO2. The van der Waals surface area contributed by atoms with E-state index in [4.69, 9.17) is 5.11 Å². The van der Waals surface area contributed by atoms with Crippen molar-refractivity contribution in [3.63, 3.8) is 0 Å². The molecule has 3 nitrogen and oxygen atoms in total. The Morgan fingerprint density at radius 3 is 3.00 bits per heavy atom. The molecule has 2 rings (SSSR count). The van der Waals surface area contributed by atoms with Crippen LogP contribution in [0, 0.1) is 0 Å². The lowest BCUT2D eigenvalue weighted by Crippen LogP contribution is -2.34. The highest BCUT2D eigenvalue weighted by molar-refractivity contribution is 9.10. The summed E-state index contributed by atoms with van der Waals surface area (Å²) in [5.41, 5.74) is 1.93. The molecule has 1 N–H and O–H groups in total. The maximum atomic E-state index is 10.9. The third-order valence-corrected chi connectivity index (χ3v) is 2.89. The van der Waals surface area contributed by atoms with Crippen LogP contribution in [-0.4, -0.2) is 17.7 Å². The highest BCUT2D eigenvalue weighted by Crippen LogP contribution is 2.29. The van der Waals surface area contributed by atoms with Crippen LogP contribution >= 0.6 is 15.9 Å². The molecule has 1 aromatic carbocycles. The van der Waals surface area contributed by atoms with Crippen LogP contribution in [0.15, 0.2) is 22.7 Å². The van der Waals surface area contributed by atoms with E-state index in [9.17, 15) is 4.79 Å². The molecule has 4 heteroatoms. The summed E-state index contributed by atoms with van der Waals surface area (Å²) in [6.45, 7) is 0.596. The third kappa shape index (κ3) is 1.62. The molecule has 0 radical (unpaired) electrons. The molecule has 1 heterocycles. The van der Waals surface area contributed by atoms with Crippen molar-refractivity contribution in [1.82, 2.24) is 0 Å². The standard InChI is InChI=1S/C10H10BrNO2/c11-8-4-3-7-2-1-5-12(10(13)14)9(7)6-8/h3-4,6H,1-2,5H2,(H,13,14). The maximum Gasteiger partial charge on any atom is 0.411 e. The van der Waals surface area contributed by atoms with Crippen molar-refractivity contribution >= 4 is 27.7 Å². The molecule has 14 heavy (non-hydrogen) atoms. The predicted molar refractivity (Wildman–Crippen MR) is 57.8 cm³/mol. The second-order valence-corrected chi connectivity index (χ2v) is 4.23. The number of fused-ring (bicyclic) bond motifs is 1. The summed E-state index contributed by atoms with van der Waals surface area (Å²) >= 11 is 3.35. The molecule has 0 fully saturated rings. The lowest BCUT2D eigenvalue weighted by molar-refractivity contribution is 0.201. The van der Waals surface area contributed by atoms with Gasteiger partial charge in [-0.15, -0.1) is 0 Å². The topological polar surface area (TPSA) is 40.5 Å². The molecule has 0 saturated carbocycles. The van der Waals surface area contributed by atoms with E-state index in [0.29, 0.717) is 6.54 Å². The van der Waals surface area contributed by atoms with E-state index < -0.39 is 6.09 Å². The Hall–Kier alpha value is -1.03. The van der Waals surface area contributed by atoms with Crippen molar-refractivity contribution in [3.05, 3.63) is 28.2 Å². The first kappa shape index (κ1) is 9.52. The fraction of sp³-hybridized carbons (Fsp3) is 0.300. The molecule has 0 unspecified atom stereocenters. The summed E-state index contributed by atoms with van der Waals surface area (Å²) in [4.78, 5) is 12.3. The van der Waals surface area contributed by atoms with Crippen molar-refractivity contribution in [2.45, 2.75) is 12.8 Å².